The Morgan fingerprint density at radius 3 is 2.04 bits per heavy atom. The van der Waals surface area contributed by atoms with E-state index in [1.807, 2.05) is 11.3 Å². The summed E-state index contributed by atoms with van der Waals surface area (Å²) in [7, 11) is 0. The van der Waals surface area contributed by atoms with Gasteiger partial charge in [-0.15, -0.1) is 11.3 Å². The molecule has 0 bridgehead atoms. The van der Waals surface area contributed by atoms with Gasteiger partial charge in [-0.25, -0.2) is 0 Å². The number of rotatable bonds is 0. The Labute approximate surface area is 152 Å². The quantitative estimate of drug-likeness (QED) is 0.274. The lowest BCUT2D eigenvalue weighted by Gasteiger charge is -2.10. The number of fused-ring (bicyclic) bond motifs is 7. The number of hydrogen-bond donors (Lipinski definition) is 1. The van der Waals surface area contributed by atoms with Gasteiger partial charge in [0.2, 0.25) is 0 Å². The normalized spacial score (nSPS) is 12.6. The summed E-state index contributed by atoms with van der Waals surface area (Å²) in [4.78, 5) is 3.71. The van der Waals surface area contributed by atoms with Gasteiger partial charge in [0.05, 0.1) is 5.52 Å². The van der Waals surface area contributed by atoms with Crippen LogP contribution in [0.4, 0.5) is 0 Å². The van der Waals surface area contributed by atoms with E-state index in [9.17, 15) is 0 Å². The molecule has 0 unspecified atom stereocenters. The summed E-state index contributed by atoms with van der Waals surface area (Å²) in [5, 5.41) is 10.9. The SMILES string of the molecule is c1ccc2c(c1)[nH]c1c2ccc2c3cccc4sc5cccc(c21)c5c43. The molecule has 26 heavy (non-hydrogen) atoms. The highest BCUT2D eigenvalue weighted by molar-refractivity contribution is 7.26. The van der Waals surface area contributed by atoms with Crippen LogP contribution in [0.2, 0.25) is 0 Å². The van der Waals surface area contributed by atoms with Crippen LogP contribution in [-0.4, -0.2) is 4.98 Å². The minimum Gasteiger partial charge on any atom is -0.354 e. The Morgan fingerprint density at radius 2 is 1.15 bits per heavy atom. The fourth-order valence-electron chi connectivity index (χ4n) is 4.72. The first kappa shape index (κ1) is 13.2. The molecule has 0 atom stereocenters. The maximum Gasteiger partial charge on any atom is 0.0551 e. The van der Waals surface area contributed by atoms with Gasteiger partial charge in [-0.2, -0.15) is 0 Å². The first-order valence-electron chi connectivity index (χ1n) is 8.88. The maximum atomic E-state index is 3.71. The monoisotopic (exact) mass is 347 g/mol. The molecular formula is C24H13NS. The highest BCUT2D eigenvalue weighted by Crippen LogP contribution is 2.46. The van der Waals surface area contributed by atoms with Gasteiger partial charge in [-0.3, -0.25) is 0 Å². The Bertz CT molecular complexity index is 1630. The van der Waals surface area contributed by atoms with Gasteiger partial charge in [0.15, 0.2) is 0 Å². The fourth-order valence-corrected chi connectivity index (χ4v) is 5.88. The molecule has 0 saturated carbocycles. The average molecular weight is 347 g/mol. The molecule has 1 N–H and O–H groups in total. The molecule has 0 amide bonds. The number of aromatic nitrogens is 1. The Kier molecular flexibility index (Phi) is 2.20. The molecule has 5 aromatic carbocycles. The van der Waals surface area contributed by atoms with E-state index in [0.717, 1.165) is 0 Å². The summed E-state index contributed by atoms with van der Waals surface area (Å²) in [6.07, 6.45) is 0. The highest BCUT2D eigenvalue weighted by atomic mass is 32.1. The van der Waals surface area contributed by atoms with Crippen molar-refractivity contribution in [2.75, 3.05) is 0 Å². The van der Waals surface area contributed by atoms with Crippen molar-refractivity contribution in [3.63, 3.8) is 0 Å². The van der Waals surface area contributed by atoms with Crippen LogP contribution >= 0.6 is 11.3 Å². The van der Waals surface area contributed by atoms with Gasteiger partial charge in [0, 0.05) is 41.8 Å². The lowest BCUT2D eigenvalue weighted by atomic mass is 9.93. The largest absolute Gasteiger partial charge is 0.354 e. The van der Waals surface area contributed by atoms with Crippen molar-refractivity contribution < 1.29 is 0 Å². The lowest BCUT2D eigenvalue weighted by molar-refractivity contribution is 1.57. The smallest absolute Gasteiger partial charge is 0.0551 e. The summed E-state index contributed by atoms with van der Waals surface area (Å²) in [6, 6.07) is 26.6. The van der Waals surface area contributed by atoms with Crippen LogP contribution in [0.15, 0.2) is 72.8 Å². The van der Waals surface area contributed by atoms with Crippen molar-refractivity contribution in [2.45, 2.75) is 0 Å². The second kappa shape index (κ2) is 4.35. The van der Waals surface area contributed by atoms with Crippen LogP contribution < -0.4 is 0 Å². The molecule has 2 heterocycles. The third-order valence-electron chi connectivity index (χ3n) is 5.76. The zero-order valence-electron chi connectivity index (χ0n) is 13.8. The van der Waals surface area contributed by atoms with Gasteiger partial charge in [0.1, 0.15) is 0 Å². The van der Waals surface area contributed by atoms with E-state index in [-0.39, 0.29) is 0 Å². The summed E-state index contributed by atoms with van der Waals surface area (Å²) >= 11 is 1.90. The van der Waals surface area contributed by atoms with Crippen LogP contribution in [0.1, 0.15) is 0 Å². The predicted octanol–water partition coefficient (Wildman–Crippen LogP) is 7.43. The van der Waals surface area contributed by atoms with E-state index >= 15 is 0 Å². The van der Waals surface area contributed by atoms with Crippen molar-refractivity contribution in [1.29, 1.82) is 0 Å². The van der Waals surface area contributed by atoms with Gasteiger partial charge < -0.3 is 4.98 Å². The number of benzene rings is 5. The Hall–Kier alpha value is -3.10. The van der Waals surface area contributed by atoms with Crippen LogP contribution in [-0.2, 0) is 0 Å². The third kappa shape index (κ3) is 1.40. The molecule has 2 aromatic heterocycles. The molecule has 0 aliphatic rings. The number of para-hydroxylation sites is 1. The van der Waals surface area contributed by atoms with Gasteiger partial charge >= 0.3 is 0 Å². The minimum atomic E-state index is 1.21. The average Bonchev–Trinajstić information content (AvgIpc) is 3.25. The molecule has 0 aliphatic carbocycles. The second-order valence-corrected chi connectivity index (χ2v) is 8.12. The van der Waals surface area contributed by atoms with Gasteiger partial charge in [-0.05, 0) is 34.4 Å². The number of hydrogen-bond acceptors (Lipinski definition) is 1. The van der Waals surface area contributed by atoms with Gasteiger partial charge in [-0.1, -0.05) is 54.6 Å². The second-order valence-electron chi connectivity index (χ2n) is 7.04. The summed E-state index contributed by atoms with van der Waals surface area (Å²) < 4.78 is 2.76. The molecule has 2 heteroatoms. The molecule has 0 aliphatic heterocycles. The summed E-state index contributed by atoms with van der Waals surface area (Å²) in [5.41, 5.74) is 2.46. The zero-order valence-corrected chi connectivity index (χ0v) is 14.7. The van der Waals surface area contributed by atoms with E-state index in [0.29, 0.717) is 0 Å². The maximum absolute atomic E-state index is 3.71. The number of H-pyrrole nitrogens is 1. The molecular weight excluding hydrogens is 334 g/mol. The third-order valence-corrected chi connectivity index (χ3v) is 6.88. The minimum absolute atomic E-state index is 1.21. The molecule has 0 fully saturated rings. The van der Waals surface area contributed by atoms with Crippen molar-refractivity contribution in [2.24, 2.45) is 0 Å². The van der Waals surface area contributed by atoms with Crippen LogP contribution in [0.25, 0.3) is 63.5 Å². The Balaban J connectivity index is 1.92. The van der Waals surface area contributed by atoms with E-state index in [1.54, 1.807) is 0 Å². The molecule has 0 spiro atoms. The first-order chi connectivity index (χ1) is 12.9. The summed E-state index contributed by atoms with van der Waals surface area (Å²) in [6.45, 7) is 0. The van der Waals surface area contributed by atoms with Crippen LogP contribution in [0.3, 0.4) is 0 Å². The number of aromatic amines is 1. The molecule has 120 valence electrons. The summed E-state index contributed by atoms with van der Waals surface area (Å²) in [5.74, 6) is 0. The molecule has 0 radical (unpaired) electrons. The topological polar surface area (TPSA) is 15.8 Å². The van der Waals surface area contributed by atoms with E-state index in [4.69, 9.17) is 0 Å². The predicted molar refractivity (Wildman–Crippen MR) is 115 cm³/mol. The lowest BCUT2D eigenvalue weighted by Crippen LogP contribution is -1.83. The van der Waals surface area contributed by atoms with E-state index < -0.39 is 0 Å². The van der Waals surface area contributed by atoms with Crippen molar-refractivity contribution in [1.82, 2.24) is 4.98 Å². The number of nitrogens with one attached hydrogen (secondary N) is 1. The first-order valence-corrected chi connectivity index (χ1v) is 9.70. The van der Waals surface area contributed by atoms with Crippen LogP contribution in [0.5, 0.6) is 0 Å². The molecule has 1 nitrogen and oxygen atoms in total. The standard InChI is InChI=1S/C24H13NS/c1-2-8-18-13(5-1)16-12-11-15-14-6-3-9-19-22(14)23-17(21(15)24(16)25-18)7-4-10-20(23)26-19/h1-12,25H. The van der Waals surface area contributed by atoms with E-state index in [2.05, 4.69) is 77.8 Å². The van der Waals surface area contributed by atoms with Crippen molar-refractivity contribution >= 4 is 74.9 Å². The molecule has 7 aromatic rings. The van der Waals surface area contributed by atoms with E-state index in [1.165, 1.54) is 63.5 Å². The zero-order chi connectivity index (χ0) is 16.8. The van der Waals surface area contributed by atoms with Crippen LogP contribution in [0, 0.1) is 0 Å². The fraction of sp³-hybridized carbons (Fsp3) is 0. The highest BCUT2D eigenvalue weighted by Gasteiger charge is 2.17. The van der Waals surface area contributed by atoms with Crippen molar-refractivity contribution in [3.05, 3.63) is 72.8 Å². The molecule has 0 saturated heterocycles. The Morgan fingerprint density at radius 1 is 0.500 bits per heavy atom. The van der Waals surface area contributed by atoms with Gasteiger partial charge in [0.25, 0.3) is 0 Å². The van der Waals surface area contributed by atoms with Crippen molar-refractivity contribution in [3.8, 4) is 0 Å². The molecule has 7 rings (SSSR count). The number of thiophene rings is 1.